The third-order valence-corrected chi connectivity index (χ3v) is 2.70. The third-order valence-electron chi connectivity index (χ3n) is 2.70. The van der Waals surface area contributed by atoms with Crippen LogP contribution in [0.3, 0.4) is 0 Å². The van der Waals surface area contributed by atoms with Crippen LogP contribution in [0.25, 0.3) is 0 Å². The number of nitrogens with one attached hydrogen (secondary N) is 2. The van der Waals surface area contributed by atoms with E-state index in [2.05, 4.69) is 20.6 Å². The second-order valence-electron chi connectivity index (χ2n) is 4.07. The van der Waals surface area contributed by atoms with Gasteiger partial charge in [0, 0.05) is 12.2 Å². The number of nitrogens with zero attached hydrogens (tertiary/aromatic N) is 3. The first-order chi connectivity index (χ1) is 10.2. The first-order valence-corrected chi connectivity index (χ1v) is 6.29. The van der Waals surface area contributed by atoms with Crippen LogP contribution in [0.5, 0.6) is 5.75 Å². The summed E-state index contributed by atoms with van der Waals surface area (Å²) in [7, 11) is 1.51. The molecule has 1 aromatic heterocycles. The number of hydrogen-bond acceptors (Lipinski definition) is 6. The number of rotatable bonds is 5. The van der Waals surface area contributed by atoms with Crippen molar-refractivity contribution in [1.82, 2.24) is 9.97 Å². The van der Waals surface area contributed by atoms with Crippen molar-refractivity contribution in [3.63, 3.8) is 0 Å². The van der Waals surface area contributed by atoms with Gasteiger partial charge in [0.15, 0.2) is 11.6 Å². The predicted molar refractivity (Wildman–Crippen MR) is 77.1 cm³/mol. The molecule has 2 N–H and O–H groups in total. The molecule has 0 amide bonds. The van der Waals surface area contributed by atoms with Crippen LogP contribution in [0.1, 0.15) is 12.5 Å². The molecule has 0 spiro atoms. The minimum atomic E-state index is -0.564. The number of halogens is 1. The van der Waals surface area contributed by atoms with Crippen LogP contribution in [-0.4, -0.2) is 23.6 Å². The standard InChI is InChI=1S/C14H14FN5O/c1-3-17-13-12(21-2)14(19-8-18-13)20-10-4-5-11(15)9(6-10)7-16/h4-6,8H,3H2,1-2H3,(H2,17,18,19,20). The van der Waals surface area contributed by atoms with E-state index in [1.165, 1.54) is 31.6 Å². The molecule has 21 heavy (non-hydrogen) atoms. The Morgan fingerprint density at radius 3 is 2.76 bits per heavy atom. The Balaban J connectivity index is 2.35. The van der Waals surface area contributed by atoms with Gasteiger partial charge in [0.2, 0.25) is 5.75 Å². The summed E-state index contributed by atoms with van der Waals surface area (Å²) in [6, 6.07) is 5.94. The average molecular weight is 287 g/mol. The summed E-state index contributed by atoms with van der Waals surface area (Å²) in [4.78, 5) is 8.19. The number of aromatic nitrogens is 2. The number of ether oxygens (including phenoxy) is 1. The van der Waals surface area contributed by atoms with Crippen molar-refractivity contribution < 1.29 is 9.13 Å². The molecule has 1 heterocycles. The van der Waals surface area contributed by atoms with Gasteiger partial charge in [-0.05, 0) is 25.1 Å². The normalized spacial score (nSPS) is 9.81. The number of anilines is 3. The Labute approximate surface area is 121 Å². The lowest BCUT2D eigenvalue weighted by Crippen LogP contribution is -2.06. The van der Waals surface area contributed by atoms with Crippen molar-refractivity contribution in [2.75, 3.05) is 24.3 Å². The zero-order chi connectivity index (χ0) is 15.2. The van der Waals surface area contributed by atoms with Gasteiger partial charge in [0.05, 0.1) is 12.7 Å². The minimum absolute atomic E-state index is 0.0417. The van der Waals surface area contributed by atoms with E-state index in [-0.39, 0.29) is 5.56 Å². The molecule has 0 atom stereocenters. The van der Waals surface area contributed by atoms with Crippen LogP contribution in [0, 0.1) is 17.1 Å². The van der Waals surface area contributed by atoms with Gasteiger partial charge in [0.1, 0.15) is 18.2 Å². The van der Waals surface area contributed by atoms with E-state index < -0.39 is 5.82 Å². The summed E-state index contributed by atoms with van der Waals surface area (Å²) in [5.74, 6) is 0.868. The lowest BCUT2D eigenvalue weighted by atomic mass is 10.2. The Morgan fingerprint density at radius 2 is 2.10 bits per heavy atom. The maximum absolute atomic E-state index is 13.3. The van der Waals surface area contributed by atoms with Crippen molar-refractivity contribution in [1.29, 1.82) is 5.26 Å². The Bertz CT molecular complexity index is 684. The first kappa shape index (κ1) is 14.5. The lowest BCUT2D eigenvalue weighted by molar-refractivity contribution is 0.415. The van der Waals surface area contributed by atoms with Crippen LogP contribution < -0.4 is 15.4 Å². The molecule has 0 unspecified atom stereocenters. The van der Waals surface area contributed by atoms with Gasteiger partial charge >= 0.3 is 0 Å². The Kier molecular flexibility index (Phi) is 4.51. The van der Waals surface area contributed by atoms with Gasteiger partial charge in [-0.1, -0.05) is 0 Å². The zero-order valence-corrected chi connectivity index (χ0v) is 11.6. The molecule has 1 aromatic carbocycles. The summed E-state index contributed by atoms with van der Waals surface area (Å²) >= 11 is 0. The fourth-order valence-corrected chi connectivity index (χ4v) is 1.77. The van der Waals surface area contributed by atoms with Crippen LogP contribution in [0.4, 0.5) is 21.7 Å². The fraction of sp³-hybridized carbons (Fsp3) is 0.214. The summed E-state index contributed by atoms with van der Waals surface area (Å²) in [6.07, 6.45) is 1.39. The highest BCUT2D eigenvalue weighted by atomic mass is 19.1. The van der Waals surface area contributed by atoms with Gasteiger partial charge in [-0.3, -0.25) is 0 Å². The van der Waals surface area contributed by atoms with Gasteiger partial charge in [-0.2, -0.15) is 5.26 Å². The van der Waals surface area contributed by atoms with Gasteiger partial charge in [0.25, 0.3) is 0 Å². The maximum atomic E-state index is 13.3. The molecule has 0 bridgehead atoms. The van der Waals surface area contributed by atoms with E-state index in [0.29, 0.717) is 29.6 Å². The molecule has 108 valence electrons. The number of methoxy groups -OCH3 is 1. The van der Waals surface area contributed by atoms with Crippen molar-refractivity contribution in [3.05, 3.63) is 35.9 Å². The monoisotopic (exact) mass is 287 g/mol. The summed E-state index contributed by atoms with van der Waals surface area (Å²) in [5, 5.41) is 14.9. The molecular weight excluding hydrogens is 273 g/mol. The Hall–Kier alpha value is -2.88. The quantitative estimate of drug-likeness (QED) is 0.879. The SMILES string of the molecule is CCNc1ncnc(Nc2ccc(F)c(C#N)c2)c1OC. The van der Waals surface area contributed by atoms with Crippen molar-refractivity contribution in [2.24, 2.45) is 0 Å². The average Bonchev–Trinajstić information content (AvgIpc) is 2.50. The molecule has 0 radical (unpaired) electrons. The molecule has 0 aliphatic heterocycles. The van der Waals surface area contributed by atoms with E-state index in [1.54, 1.807) is 6.07 Å². The molecule has 0 aliphatic carbocycles. The summed E-state index contributed by atoms with van der Waals surface area (Å²) < 4.78 is 18.6. The second kappa shape index (κ2) is 6.52. The number of hydrogen-bond donors (Lipinski definition) is 2. The van der Waals surface area contributed by atoms with Crippen LogP contribution >= 0.6 is 0 Å². The van der Waals surface area contributed by atoms with Crippen molar-refractivity contribution in [2.45, 2.75) is 6.92 Å². The predicted octanol–water partition coefficient (Wildman–Crippen LogP) is 2.67. The molecule has 7 heteroatoms. The van der Waals surface area contributed by atoms with E-state index in [4.69, 9.17) is 10.00 Å². The lowest BCUT2D eigenvalue weighted by Gasteiger charge is -2.13. The van der Waals surface area contributed by atoms with Gasteiger partial charge < -0.3 is 15.4 Å². The molecule has 0 saturated carbocycles. The number of benzene rings is 1. The highest BCUT2D eigenvalue weighted by Crippen LogP contribution is 2.31. The Morgan fingerprint density at radius 1 is 1.33 bits per heavy atom. The summed E-state index contributed by atoms with van der Waals surface area (Å²) in [6.45, 7) is 2.62. The smallest absolute Gasteiger partial charge is 0.204 e. The molecule has 0 fully saturated rings. The summed E-state index contributed by atoms with van der Waals surface area (Å²) in [5.41, 5.74) is 0.493. The molecular formula is C14H14FN5O. The molecule has 0 saturated heterocycles. The van der Waals surface area contributed by atoms with Crippen molar-refractivity contribution >= 4 is 17.3 Å². The van der Waals surface area contributed by atoms with E-state index >= 15 is 0 Å². The highest BCUT2D eigenvalue weighted by Gasteiger charge is 2.12. The van der Waals surface area contributed by atoms with Crippen LogP contribution in [0.15, 0.2) is 24.5 Å². The highest BCUT2D eigenvalue weighted by molar-refractivity contribution is 5.69. The van der Waals surface area contributed by atoms with Gasteiger partial charge in [-0.15, -0.1) is 0 Å². The van der Waals surface area contributed by atoms with Crippen LogP contribution in [-0.2, 0) is 0 Å². The molecule has 2 rings (SSSR count). The van der Waals surface area contributed by atoms with E-state index in [1.807, 2.05) is 6.92 Å². The largest absolute Gasteiger partial charge is 0.490 e. The first-order valence-electron chi connectivity index (χ1n) is 6.29. The van der Waals surface area contributed by atoms with Gasteiger partial charge in [-0.25, -0.2) is 14.4 Å². The molecule has 2 aromatic rings. The molecule has 6 nitrogen and oxygen atoms in total. The second-order valence-corrected chi connectivity index (χ2v) is 4.07. The fourth-order valence-electron chi connectivity index (χ4n) is 1.77. The van der Waals surface area contributed by atoms with E-state index in [0.717, 1.165) is 0 Å². The van der Waals surface area contributed by atoms with Crippen LogP contribution in [0.2, 0.25) is 0 Å². The van der Waals surface area contributed by atoms with Crippen molar-refractivity contribution in [3.8, 4) is 11.8 Å². The maximum Gasteiger partial charge on any atom is 0.204 e. The third kappa shape index (κ3) is 3.17. The zero-order valence-electron chi connectivity index (χ0n) is 11.6. The number of nitriles is 1. The van der Waals surface area contributed by atoms with E-state index in [9.17, 15) is 4.39 Å². The molecule has 0 aliphatic rings. The topological polar surface area (TPSA) is 82.9 Å². The minimum Gasteiger partial charge on any atom is -0.490 e.